The summed E-state index contributed by atoms with van der Waals surface area (Å²) in [6.45, 7) is 0.0664. The number of ether oxygens (including phenoxy) is 1. The van der Waals surface area contributed by atoms with Gasteiger partial charge in [-0.25, -0.2) is 0 Å². The third kappa shape index (κ3) is 4.97. The number of aliphatic hydroxyl groups is 1. The Labute approximate surface area is 286 Å². The molecular weight excluding hydrogens is 625 g/mol. The third-order valence-corrected chi connectivity index (χ3v) is 11.9. The predicted molar refractivity (Wildman–Crippen MR) is 206 cm³/mol. The molecule has 0 amide bonds. The second-order valence-electron chi connectivity index (χ2n) is 12.2. The summed E-state index contributed by atoms with van der Waals surface area (Å²) in [5.41, 5.74) is 10.5. The number of methoxy groups -OCH3 is 1. The largest absolute Gasteiger partial charge is 0.497 e. The second kappa shape index (κ2) is 11.8. The lowest BCUT2D eigenvalue weighted by Crippen LogP contribution is -1.84. The Morgan fingerprint density at radius 3 is 1.15 bits per heavy atom. The number of benzene rings is 7. The molecule has 9 rings (SSSR count). The SMILES string of the molecule is COc1ccc(-c2ccc(-c3ccc4c(c3)sc3c4ccc4c5ccc(-c6ccc(-c7ccc(CO)cc7)cc6)cc5sc43)cc2)cc1. The van der Waals surface area contributed by atoms with Crippen LogP contribution in [-0.2, 0) is 6.61 Å². The van der Waals surface area contributed by atoms with E-state index >= 15 is 0 Å². The summed E-state index contributed by atoms with van der Waals surface area (Å²) >= 11 is 3.81. The van der Waals surface area contributed by atoms with Gasteiger partial charge in [0.05, 0.1) is 23.1 Å². The van der Waals surface area contributed by atoms with Crippen LogP contribution in [0.3, 0.4) is 0 Å². The molecule has 0 saturated heterocycles. The lowest BCUT2D eigenvalue weighted by molar-refractivity contribution is 0.282. The lowest BCUT2D eigenvalue weighted by atomic mass is 9.99. The molecule has 2 heterocycles. The van der Waals surface area contributed by atoms with Gasteiger partial charge in [-0.2, -0.15) is 0 Å². The monoisotopic (exact) mass is 654 g/mol. The smallest absolute Gasteiger partial charge is 0.118 e. The Morgan fingerprint density at radius 2 is 0.750 bits per heavy atom. The first-order valence-electron chi connectivity index (χ1n) is 16.0. The van der Waals surface area contributed by atoms with Gasteiger partial charge in [0.15, 0.2) is 0 Å². The first kappa shape index (κ1) is 28.9. The fraction of sp³-hybridized carbons (Fsp3) is 0.0455. The highest BCUT2D eigenvalue weighted by Crippen LogP contribution is 2.46. The molecule has 0 fully saturated rings. The number of fused-ring (bicyclic) bond motifs is 7. The highest BCUT2D eigenvalue weighted by atomic mass is 32.1. The summed E-state index contributed by atoms with van der Waals surface area (Å²) in [7, 11) is 1.70. The molecule has 2 nitrogen and oxygen atoms in total. The third-order valence-electron chi connectivity index (χ3n) is 9.41. The highest BCUT2D eigenvalue weighted by Gasteiger charge is 2.14. The van der Waals surface area contributed by atoms with Crippen molar-refractivity contribution in [2.75, 3.05) is 7.11 Å². The van der Waals surface area contributed by atoms with Crippen LogP contribution in [0.2, 0.25) is 0 Å². The van der Waals surface area contributed by atoms with Gasteiger partial charge in [-0.3, -0.25) is 0 Å². The molecule has 0 aliphatic carbocycles. The Hall–Kier alpha value is -5.26. The van der Waals surface area contributed by atoms with E-state index in [1.54, 1.807) is 7.11 Å². The molecule has 48 heavy (non-hydrogen) atoms. The minimum Gasteiger partial charge on any atom is -0.497 e. The predicted octanol–water partition coefficient (Wildman–Crippen LogP) is 12.6. The van der Waals surface area contributed by atoms with Crippen molar-refractivity contribution in [3.63, 3.8) is 0 Å². The maximum absolute atomic E-state index is 9.36. The van der Waals surface area contributed by atoms with Crippen molar-refractivity contribution < 1.29 is 9.84 Å². The zero-order valence-corrected chi connectivity index (χ0v) is 27.9. The topological polar surface area (TPSA) is 29.5 Å². The summed E-state index contributed by atoms with van der Waals surface area (Å²) in [6, 6.07) is 52.4. The first-order valence-corrected chi connectivity index (χ1v) is 17.7. The molecule has 2 aromatic heterocycles. The van der Waals surface area contributed by atoms with E-state index in [0.717, 1.165) is 16.9 Å². The number of hydrogen-bond donors (Lipinski definition) is 1. The molecule has 9 aromatic rings. The van der Waals surface area contributed by atoms with Crippen molar-refractivity contribution in [3.05, 3.63) is 151 Å². The van der Waals surface area contributed by atoms with E-state index in [9.17, 15) is 5.11 Å². The van der Waals surface area contributed by atoms with Crippen LogP contribution in [0.1, 0.15) is 5.56 Å². The van der Waals surface area contributed by atoms with Crippen molar-refractivity contribution in [2.24, 2.45) is 0 Å². The molecule has 0 radical (unpaired) electrons. The summed E-state index contributed by atoms with van der Waals surface area (Å²) in [5, 5.41) is 14.7. The molecule has 1 N–H and O–H groups in total. The molecule has 0 aliphatic rings. The molecule has 4 heteroatoms. The van der Waals surface area contributed by atoms with Crippen LogP contribution in [0.25, 0.3) is 84.9 Å². The Morgan fingerprint density at radius 1 is 0.417 bits per heavy atom. The summed E-state index contributed by atoms with van der Waals surface area (Å²) in [5.74, 6) is 0.870. The van der Waals surface area contributed by atoms with E-state index in [0.29, 0.717) is 0 Å². The fourth-order valence-electron chi connectivity index (χ4n) is 6.72. The molecule has 0 spiro atoms. The number of thiophene rings is 2. The normalized spacial score (nSPS) is 11.6. The van der Waals surface area contributed by atoms with Gasteiger partial charge in [-0.15, -0.1) is 22.7 Å². The minimum absolute atomic E-state index is 0.0664. The molecular formula is C44H30O2S2. The zero-order valence-electron chi connectivity index (χ0n) is 26.2. The van der Waals surface area contributed by atoms with Gasteiger partial charge >= 0.3 is 0 Å². The number of hydrogen-bond acceptors (Lipinski definition) is 4. The molecule has 0 aliphatic heterocycles. The van der Waals surface area contributed by atoms with Gasteiger partial charge in [0, 0.05) is 30.9 Å². The van der Waals surface area contributed by atoms with Gasteiger partial charge < -0.3 is 9.84 Å². The molecule has 7 aromatic carbocycles. The van der Waals surface area contributed by atoms with Crippen LogP contribution < -0.4 is 4.74 Å². The van der Waals surface area contributed by atoms with Crippen molar-refractivity contribution in [3.8, 4) is 50.3 Å². The van der Waals surface area contributed by atoms with Crippen molar-refractivity contribution in [1.29, 1.82) is 0 Å². The van der Waals surface area contributed by atoms with E-state index in [2.05, 4.69) is 121 Å². The summed E-state index contributed by atoms with van der Waals surface area (Å²) < 4.78 is 10.7. The van der Waals surface area contributed by atoms with Crippen LogP contribution in [-0.4, -0.2) is 12.2 Å². The van der Waals surface area contributed by atoms with E-state index in [-0.39, 0.29) is 6.61 Å². The van der Waals surface area contributed by atoms with Gasteiger partial charge in [-0.1, -0.05) is 121 Å². The van der Waals surface area contributed by atoms with Crippen molar-refractivity contribution >= 4 is 63.0 Å². The molecule has 230 valence electrons. The standard InChI is InChI=1S/C44H30O2S2/c1-46-36-18-14-31(15-19-36)30-8-12-33(13-9-30)35-17-21-38-40-23-22-39-37-20-16-34(24-41(37)47-43(39)44(40)48-42(38)25-35)32-10-6-29(7-11-32)28-4-2-27(26-45)3-5-28/h2-25,45H,26H2,1H3. The average Bonchev–Trinajstić information content (AvgIpc) is 3.73. The Bertz CT molecular complexity index is 2410. The number of rotatable bonds is 6. The van der Waals surface area contributed by atoms with E-state index in [1.807, 2.05) is 46.9 Å². The Kier molecular flexibility index (Phi) is 7.09. The highest BCUT2D eigenvalue weighted by molar-refractivity contribution is 7.33. The molecule has 0 unspecified atom stereocenters. The van der Waals surface area contributed by atoms with Crippen LogP contribution in [0, 0.1) is 0 Å². The van der Waals surface area contributed by atoms with E-state index < -0.39 is 0 Å². The maximum Gasteiger partial charge on any atom is 0.118 e. The first-order chi connectivity index (χ1) is 23.6. The lowest BCUT2D eigenvalue weighted by Gasteiger charge is -2.06. The van der Waals surface area contributed by atoms with Gasteiger partial charge in [0.25, 0.3) is 0 Å². The zero-order chi connectivity index (χ0) is 32.2. The summed E-state index contributed by atoms with van der Waals surface area (Å²) in [4.78, 5) is 0. The molecule has 0 atom stereocenters. The van der Waals surface area contributed by atoms with E-state index in [4.69, 9.17) is 4.74 Å². The average molecular weight is 655 g/mol. The molecule has 0 bridgehead atoms. The van der Waals surface area contributed by atoms with Crippen LogP contribution in [0.15, 0.2) is 146 Å². The number of aliphatic hydroxyl groups excluding tert-OH is 1. The van der Waals surface area contributed by atoms with Gasteiger partial charge in [-0.05, 0) is 74.3 Å². The van der Waals surface area contributed by atoms with Gasteiger partial charge in [0.2, 0.25) is 0 Å². The summed E-state index contributed by atoms with van der Waals surface area (Å²) in [6.07, 6.45) is 0. The van der Waals surface area contributed by atoms with Crippen LogP contribution in [0.5, 0.6) is 5.75 Å². The van der Waals surface area contributed by atoms with Crippen molar-refractivity contribution in [2.45, 2.75) is 6.61 Å². The quantitative estimate of drug-likeness (QED) is 0.193. The molecule has 0 saturated carbocycles. The minimum atomic E-state index is 0.0664. The second-order valence-corrected chi connectivity index (χ2v) is 14.3. The van der Waals surface area contributed by atoms with Gasteiger partial charge in [0.1, 0.15) is 5.75 Å². The Balaban J connectivity index is 1.04. The van der Waals surface area contributed by atoms with Crippen LogP contribution in [0.4, 0.5) is 0 Å². The van der Waals surface area contributed by atoms with Crippen LogP contribution >= 0.6 is 22.7 Å². The van der Waals surface area contributed by atoms with Crippen molar-refractivity contribution in [1.82, 2.24) is 0 Å². The maximum atomic E-state index is 9.36. The van der Waals surface area contributed by atoms with E-state index in [1.165, 1.54) is 79.3 Å². The fourth-order valence-corrected chi connectivity index (χ4v) is 9.34.